The Morgan fingerprint density at radius 3 is 2.12 bits per heavy atom. The number of hydrogen-bond acceptors (Lipinski definition) is 3. The summed E-state index contributed by atoms with van der Waals surface area (Å²) in [4.78, 5) is 24.1. The normalized spacial score (nSPS) is 10.1. The molecule has 126 valence electrons. The quantitative estimate of drug-likeness (QED) is 0.771. The monoisotopic (exact) mass is 366 g/mol. The summed E-state index contributed by atoms with van der Waals surface area (Å²) in [5.41, 5.74) is 0.844. The van der Waals surface area contributed by atoms with Gasteiger partial charge in [0.25, 0.3) is 11.8 Å². The van der Waals surface area contributed by atoms with Gasteiger partial charge in [-0.2, -0.15) is 0 Å². The van der Waals surface area contributed by atoms with Crippen LogP contribution in [0.3, 0.4) is 0 Å². The van der Waals surface area contributed by atoms with Crippen LogP contribution in [0.25, 0.3) is 0 Å². The smallest absolute Gasteiger partial charge is 0.255 e. The van der Waals surface area contributed by atoms with E-state index in [1.54, 1.807) is 36.4 Å². The molecule has 2 rings (SSSR count). The van der Waals surface area contributed by atoms with Gasteiger partial charge in [-0.1, -0.05) is 23.2 Å². The van der Waals surface area contributed by atoms with Crippen LogP contribution >= 0.6 is 23.2 Å². The second-order valence-electron chi connectivity index (χ2n) is 4.86. The zero-order valence-electron chi connectivity index (χ0n) is 12.9. The minimum Gasteiger partial charge on any atom is -0.496 e. The van der Waals surface area contributed by atoms with Crippen molar-refractivity contribution >= 4 is 35.0 Å². The zero-order valence-corrected chi connectivity index (χ0v) is 14.4. The van der Waals surface area contributed by atoms with E-state index in [1.807, 2.05) is 0 Å². The highest BCUT2D eigenvalue weighted by Gasteiger charge is 2.12. The van der Waals surface area contributed by atoms with Gasteiger partial charge < -0.3 is 15.4 Å². The number of amides is 2. The van der Waals surface area contributed by atoms with E-state index in [1.165, 1.54) is 13.2 Å². The van der Waals surface area contributed by atoms with Crippen LogP contribution in [0.4, 0.5) is 0 Å². The lowest BCUT2D eigenvalue weighted by atomic mass is 10.2. The Labute approximate surface area is 149 Å². The van der Waals surface area contributed by atoms with E-state index in [0.29, 0.717) is 26.9 Å². The van der Waals surface area contributed by atoms with Crippen molar-refractivity contribution in [2.75, 3.05) is 20.2 Å². The van der Waals surface area contributed by atoms with E-state index in [2.05, 4.69) is 10.6 Å². The molecule has 0 bridgehead atoms. The topological polar surface area (TPSA) is 67.4 Å². The average molecular weight is 367 g/mol. The molecule has 2 N–H and O–H groups in total. The lowest BCUT2D eigenvalue weighted by molar-refractivity contribution is 0.0926. The third-order valence-corrected chi connectivity index (χ3v) is 3.70. The van der Waals surface area contributed by atoms with Crippen molar-refractivity contribution in [3.63, 3.8) is 0 Å². The Morgan fingerprint density at radius 2 is 1.50 bits per heavy atom. The van der Waals surface area contributed by atoms with Gasteiger partial charge in [-0.3, -0.25) is 9.59 Å². The molecule has 0 fully saturated rings. The molecule has 0 saturated carbocycles. The van der Waals surface area contributed by atoms with Gasteiger partial charge in [-0.25, -0.2) is 0 Å². The van der Waals surface area contributed by atoms with Crippen molar-refractivity contribution in [2.45, 2.75) is 0 Å². The first kappa shape index (κ1) is 18.1. The minimum atomic E-state index is -0.324. The van der Waals surface area contributed by atoms with Crippen LogP contribution in [0.5, 0.6) is 5.75 Å². The van der Waals surface area contributed by atoms with Crippen molar-refractivity contribution in [1.29, 1.82) is 0 Å². The SMILES string of the molecule is COc1ccc(Cl)cc1C(=O)NCCNC(=O)c1ccc(Cl)cc1. The summed E-state index contributed by atoms with van der Waals surface area (Å²) >= 11 is 11.7. The summed E-state index contributed by atoms with van der Waals surface area (Å²) in [5, 5.41) is 6.42. The van der Waals surface area contributed by atoms with Gasteiger partial charge >= 0.3 is 0 Å². The van der Waals surface area contributed by atoms with E-state index < -0.39 is 0 Å². The summed E-state index contributed by atoms with van der Waals surface area (Å²) in [5.74, 6) is -0.126. The highest BCUT2D eigenvalue weighted by atomic mass is 35.5. The van der Waals surface area contributed by atoms with Gasteiger partial charge in [-0.05, 0) is 42.5 Å². The van der Waals surface area contributed by atoms with Gasteiger partial charge in [0.15, 0.2) is 0 Å². The van der Waals surface area contributed by atoms with Crippen LogP contribution in [0.1, 0.15) is 20.7 Å². The molecule has 0 unspecified atom stereocenters. The van der Waals surface area contributed by atoms with E-state index in [4.69, 9.17) is 27.9 Å². The number of ether oxygens (including phenoxy) is 1. The Morgan fingerprint density at radius 1 is 0.917 bits per heavy atom. The van der Waals surface area contributed by atoms with Crippen LogP contribution in [-0.4, -0.2) is 32.0 Å². The Kier molecular flexibility index (Phi) is 6.46. The van der Waals surface area contributed by atoms with Crippen molar-refractivity contribution in [3.8, 4) is 5.75 Å². The maximum Gasteiger partial charge on any atom is 0.255 e. The molecule has 0 aromatic heterocycles. The maximum absolute atomic E-state index is 12.2. The molecule has 0 saturated heterocycles. The molecule has 0 aliphatic rings. The second-order valence-corrected chi connectivity index (χ2v) is 5.74. The highest BCUT2D eigenvalue weighted by Crippen LogP contribution is 2.22. The summed E-state index contributed by atoms with van der Waals surface area (Å²) in [6.45, 7) is 0.559. The Balaban J connectivity index is 1.84. The molecule has 7 heteroatoms. The second kappa shape index (κ2) is 8.57. The fraction of sp³-hybridized carbons (Fsp3) is 0.176. The van der Waals surface area contributed by atoms with E-state index in [0.717, 1.165) is 0 Å². The van der Waals surface area contributed by atoms with Gasteiger partial charge in [-0.15, -0.1) is 0 Å². The molecule has 0 aliphatic carbocycles. The standard InChI is InChI=1S/C17H16Cl2N2O3/c1-24-15-7-6-13(19)10-14(15)17(23)21-9-8-20-16(22)11-2-4-12(18)5-3-11/h2-7,10H,8-9H2,1H3,(H,20,22)(H,21,23). The van der Waals surface area contributed by atoms with E-state index in [9.17, 15) is 9.59 Å². The fourth-order valence-electron chi connectivity index (χ4n) is 2.01. The molecule has 0 radical (unpaired) electrons. The molecular weight excluding hydrogens is 351 g/mol. The molecule has 0 atom stereocenters. The maximum atomic E-state index is 12.2. The number of rotatable bonds is 6. The largest absolute Gasteiger partial charge is 0.496 e. The first-order valence-electron chi connectivity index (χ1n) is 7.17. The lowest BCUT2D eigenvalue weighted by Crippen LogP contribution is -2.34. The molecule has 0 spiro atoms. The molecule has 2 aromatic rings. The van der Waals surface area contributed by atoms with Gasteiger partial charge in [0.05, 0.1) is 12.7 Å². The van der Waals surface area contributed by atoms with Crippen molar-refractivity contribution in [1.82, 2.24) is 10.6 Å². The van der Waals surface area contributed by atoms with Crippen LogP contribution in [0, 0.1) is 0 Å². The van der Waals surface area contributed by atoms with Crippen LogP contribution in [0.2, 0.25) is 10.0 Å². The Hall–Kier alpha value is -2.24. The van der Waals surface area contributed by atoms with Crippen molar-refractivity contribution < 1.29 is 14.3 Å². The Bertz CT molecular complexity index is 733. The third-order valence-electron chi connectivity index (χ3n) is 3.21. The van der Waals surface area contributed by atoms with Gasteiger partial charge in [0.1, 0.15) is 5.75 Å². The summed E-state index contributed by atoms with van der Waals surface area (Å²) in [6, 6.07) is 11.3. The molecule has 24 heavy (non-hydrogen) atoms. The fourth-order valence-corrected chi connectivity index (χ4v) is 2.31. The number of carbonyl (C=O) groups is 2. The number of halogens is 2. The summed E-state index contributed by atoms with van der Waals surface area (Å²) in [7, 11) is 1.48. The third kappa shape index (κ3) is 4.88. The first-order chi connectivity index (χ1) is 11.5. The average Bonchev–Trinajstić information content (AvgIpc) is 2.58. The van der Waals surface area contributed by atoms with Gasteiger partial charge in [0, 0.05) is 28.7 Å². The minimum absolute atomic E-state index is 0.235. The molecule has 5 nitrogen and oxygen atoms in total. The number of benzene rings is 2. The zero-order chi connectivity index (χ0) is 17.5. The van der Waals surface area contributed by atoms with Crippen LogP contribution in [0.15, 0.2) is 42.5 Å². The van der Waals surface area contributed by atoms with Crippen molar-refractivity contribution in [3.05, 3.63) is 63.6 Å². The molecule has 0 aliphatic heterocycles. The predicted molar refractivity (Wildman–Crippen MR) is 94.1 cm³/mol. The molecular formula is C17H16Cl2N2O3. The van der Waals surface area contributed by atoms with Gasteiger partial charge in [0.2, 0.25) is 0 Å². The first-order valence-corrected chi connectivity index (χ1v) is 7.92. The van der Waals surface area contributed by atoms with Crippen LogP contribution in [-0.2, 0) is 0 Å². The number of nitrogens with one attached hydrogen (secondary N) is 2. The van der Waals surface area contributed by atoms with Crippen LogP contribution < -0.4 is 15.4 Å². The van der Waals surface area contributed by atoms with Crippen molar-refractivity contribution in [2.24, 2.45) is 0 Å². The summed E-state index contributed by atoms with van der Waals surface area (Å²) in [6.07, 6.45) is 0. The number of hydrogen-bond donors (Lipinski definition) is 2. The summed E-state index contributed by atoms with van der Waals surface area (Å²) < 4.78 is 5.13. The van der Waals surface area contributed by atoms with E-state index in [-0.39, 0.29) is 24.9 Å². The lowest BCUT2D eigenvalue weighted by Gasteiger charge is -2.10. The number of carbonyl (C=O) groups excluding carboxylic acids is 2. The highest BCUT2D eigenvalue weighted by molar-refractivity contribution is 6.31. The molecule has 2 amide bonds. The molecule has 0 heterocycles. The number of methoxy groups -OCH3 is 1. The predicted octanol–water partition coefficient (Wildman–Crippen LogP) is 3.16. The molecule has 2 aromatic carbocycles. The van der Waals surface area contributed by atoms with E-state index >= 15 is 0 Å².